The first-order valence-electron chi connectivity index (χ1n) is 9.77. The minimum absolute atomic E-state index is 0.0621. The normalized spacial score (nSPS) is 16.0. The second-order valence-electron chi connectivity index (χ2n) is 7.47. The van der Waals surface area contributed by atoms with Gasteiger partial charge in [-0.1, -0.05) is 24.3 Å². The Kier molecular flexibility index (Phi) is 5.09. The molecule has 4 aromatic rings. The Morgan fingerprint density at radius 3 is 2.76 bits per heavy atom. The van der Waals surface area contributed by atoms with Gasteiger partial charge < -0.3 is 10.4 Å². The van der Waals surface area contributed by atoms with Gasteiger partial charge in [0, 0.05) is 37.8 Å². The van der Waals surface area contributed by atoms with Crippen molar-refractivity contribution in [3.05, 3.63) is 57.9 Å². The molecule has 5 rings (SSSR count). The number of imidazole rings is 1. The van der Waals surface area contributed by atoms with Crippen LogP contribution in [0.5, 0.6) is 0 Å². The third kappa shape index (κ3) is 3.93. The number of rotatable bonds is 5. The predicted molar refractivity (Wildman–Crippen MR) is 117 cm³/mol. The molecule has 0 unspecified atom stereocenters. The van der Waals surface area contributed by atoms with Gasteiger partial charge >= 0.3 is 0 Å². The van der Waals surface area contributed by atoms with E-state index in [0.29, 0.717) is 11.4 Å². The number of aliphatic hydroxyl groups excluding tert-OH is 1. The van der Waals surface area contributed by atoms with E-state index in [0.717, 1.165) is 53.3 Å². The van der Waals surface area contributed by atoms with Gasteiger partial charge in [-0.25, -0.2) is 4.98 Å². The number of carbonyl (C=O) groups is 1. The Hall–Kier alpha value is -2.26. The summed E-state index contributed by atoms with van der Waals surface area (Å²) < 4.78 is 2.02. The zero-order chi connectivity index (χ0) is 19.8. The number of hydrogen-bond donors (Lipinski definition) is 2. The quantitative estimate of drug-likeness (QED) is 0.513. The summed E-state index contributed by atoms with van der Waals surface area (Å²) in [5, 5.41) is 14.6. The number of carbonyl (C=O) groups excluding carboxylic acids is 1. The fraction of sp³-hybridized carbons (Fsp3) is 0.333. The Bertz CT molecular complexity index is 1140. The molecule has 1 amide bonds. The summed E-state index contributed by atoms with van der Waals surface area (Å²) in [6.45, 7) is 3.31. The highest BCUT2D eigenvalue weighted by atomic mass is 32.1. The topological polar surface area (TPSA) is 69.9 Å². The molecular formula is C21H22N4O2S2. The molecule has 2 N–H and O–H groups in total. The third-order valence-corrected chi connectivity index (χ3v) is 7.18. The van der Waals surface area contributed by atoms with Gasteiger partial charge in [0.2, 0.25) is 0 Å². The van der Waals surface area contributed by atoms with E-state index in [4.69, 9.17) is 0 Å². The molecule has 0 radical (unpaired) electrons. The first kappa shape index (κ1) is 18.7. The van der Waals surface area contributed by atoms with Crippen LogP contribution in [0, 0.1) is 0 Å². The number of likely N-dealkylation sites (tertiary alicyclic amines) is 1. The summed E-state index contributed by atoms with van der Waals surface area (Å²) in [5.41, 5.74) is 3.33. The van der Waals surface area contributed by atoms with E-state index >= 15 is 0 Å². The van der Waals surface area contributed by atoms with E-state index in [-0.39, 0.29) is 12.0 Å². The molecule has 1 aliphatic heterocycles. The van der Waals surface area contributed by atoms with E-state index in [1.54, 1.807) is 11.3 Å². The average Bonchev–Trinajstić information content (AvgIpc) is 3.41. The molecule has 0 aliphatic carbocycles. The number of hydrogen-bond acceptors (Lipinski definition) is 6. The van der Waals surface area contributed by atoms with Crippen molar-refractivity contribution in [2.24, 2.45) is 0 Å². The van der Waals surface area contributed by atoms with Crippen LogP contribution in [0.15, 0.2) is 41.9 Å². The lowest BCUT2D eigenvalue weighted by Gasteiger charge is -2.29. The molecule has 0 saturated carbocycles. The molecule has 29 heavy (non-hydrogen) atoms. The van der Waals surface area contributed by atoms with Crippen LogP contribution < -0.4 is 5.32 Å². The highest BCUT2D eigenvalue weighted by Gasteiger charge is 2.17. The zero-order valence-corrected chi connectivity index (χ0v) is 17.5. The van der Waals surface area contributed by atoms with Crippen molar-refractivity contribution in [3.63, 3.8) is 0 Å². The Balaban J connectivity index is 1.18. The summed E-state index contributed by atoms with van der Waals surface area (Å²) in [7, 11) is 0. The fourth-order valence-corrected chi connectivity index (χ4v) is 5.44. The number of aliphatic hydroxyl groups is 1. The summed E-state index contributed by atoms with van der Waals surface area (Å²) in [6, 6.07) is 10.3. The second-order valence-corrected chi connectivity index (χ2v) is 9.38. The van der Waals surface area contributed by atoms with Gasteiger partial charge in [0.15, 0.2) is 4.96 Å². The molecule has 1 fully saturated rings. The predicted octanol–water partition coefficient (Wildman–Crippen LogP) is 3.50. The molecule has 1 aliphatic rings. The maximum absolute atomic E-state index is 12.6. The van der Waals surface area contributed by atoms with Crippen LogP contribution in [0.25, 0.3) is 15.3 Å². The van der Waals surface area contributed by atoms with Crippen LogP contribution in [-0.4, -0.2) is 44.5 Å². The van der Waals surface area contributed by atoms with E-state index in [2.05, 4.69) is 39.5 Å². The molecule has 1 saturated heterocycles. The molecule has 6 nitrogen and oxygen atoms in total. The minimum atomic E-state index is -0.138. The number of nitrogens with zero attached hydrogens (tertiary/aromatic N) is 3. The number of nitrogens with one attached hydrogen (secondary N) is 1. The largest absolute Gasteiger partial charge is 0.393 e. The van der Waals surface area contributed by atoms with Crippen molar-refractivity contribution in [2.45, 2.75) is 32.0 Å². The van der Waals surface area contributed by atoms with Gasteiger partial charge in [0.05, 0.1) is 16.5 Å². The van der Waals surface area contributed by atoms with E-state index in [1.165, 1.54) is 16.9 Å². The molecule has 4 heterocycles. The van der Waals surface area contributed by atoms with Crippen LogP contribution in [0.4, 0.5) is 0 Å². The van der Waals surface area contributed by atoms with Gasteiger partial charge in [-0.2, -0.15) is 0 Å². The number of aromatic nitrogens is 2. The van der Waals surface area contributed by atoms with E-state index < -0.39 is 0 Å². The lowest BCUT2D eigenvalue weighted by Crippen LogP contribution is -2.35. The van der Waals surface area contributed by atoms with Gasteiger partial charge in [0.25, 0.3) is 5.91 Å². The number of benzene rings is 1. The van der Waals surface area contributed by atoms with Gasteiger partial charge in [-0.3, -0.25) is 14.1 Å². The number of thiophene rings is 1. The highest BCUT2D eigenvalue weighted by Crippen LogP contribution is 2.28. The minimum Gasteiger partial charge on any atom is -0.393 e. The van der Waals surface area contributed by atoms with Crippen molar-refractivity contribution in [1.82, 2.24) is 19.6 Å². The van der Waals surface area contributed by atoms with Gasteiger partial charge in [0.1, 0.15) is 4.83 Å². The first-order valence-corrected chi connectivity index (χ1v) is 11.5. The SMILES string of the molecule is O=C(NCc1ccc(CN2CCC(O)CC2)cc1)c1cc2c(nc3sccn32)s1. The lowest BCUT2D eigenvalue weighted by molar-refractivity contribution is 0.0792. The van der Waals surface area contributed by atoms with Crippen LogP contribution in [0.2, 0.25) is 0 Å². The first-order chi connectivity index (χ1) is 14.2. The fourth-order valence-electron chi connectivity index (χ4n) is 3.73. The smallest absolute Gasteiger partial charge is 0.261 e. The summed E-state index contributed by atoms with van der Waals surface area (Å²) in [6.07, 6.45) is 3.56. The third-order valence-electron chi connectivity index (χ3n) is 5.40. The second kappa shape index (κ2) is 7.87. The number of amides is 1. The van der Waals surface area contributed by atoms with Crippen LogP contribution in [0.3, 0.4) is 0 Å². The maximum Gasteiger partial charge on any atom is 0.261 e. The zero-order valence-electron chi connectivity index (χ0n) is 15.9. The number of piperidine rings is 1. The van der Waals surface area contributed by atoms with Crippen LogP contribution in [0.1, 0.15) is 33.6 Å². The van der Waals surface area contributed by atoms with Crippen molar-refractivity contribution in [2.75, 3.05) is 13.1 Å². The summed E-state index contributed by atoms with van der Waals surface area (Å²) in [5.74, 6) is -0.0621. The van der Waals surface area contributed by atoms with E-state index in [9.17, 15) is 9.90 Å². The average molecular weight is 427 g/mol. The summed E-state index contributed by atoms with van der Waals surface area (Å²) >= 11 is 3.03. The van der Waals surface area contributed by atoms with E-state index in [1.807, 2.05) is 22.0 Å². The maximum atomic E-state index is 12.6. The van der Waals surface area contributed by atoms with Crippen molar-refractivity contribution in [3.8, 4) is 0 Å². The van der Waals surface area contributed by atoms with Crippen LogP contribution in [-0.2, 0) is 13.1 Å². The molecule has 0 bridgehead atoms. The summed E-state index contributed by atoms with van der Waals surface area (Å²) in [4.78, 5) is 22.0. The molecule has 0 atom stereocenters. The van der Waals surface area contributed by atoms with Gasteiger partial charge in [-0.05, 0) is 30.0 Å². The standard InChI is InChI=1S/C21H22N4O2S2/c26-16-5-7-24(8-6-16)13-15-3-1-14(2-4-15)12-22-19(27)18-11-17-20(29-18)23-21-25(17)9-10-28-21/h1-4,9-11,16,26H,5-8,12-13H2,(H,22,27). The Morgan fingerprint density at radius 1 is 1.21 bits per heavy atom. The molecule has 150 valence electrons. The van der Waals surface area contributed by atoms with Crippen molar-refractivity contribution >= 4 is 43.9 Å². The molecule has 3 aromatic heterocycles. The van der Waals surface area contributed by atoms with Gasteiger partial charge in [-0.15, -0.1) is 22.7 Å². The lowest BCUT2D eigenvalue weighted by atomic mass is 10.1. The monoisotopic (exact) mass is 426 g/mol. The highest BCUT2D eigenvalue weighted by molar-refractivity contribution is 7.21. The molecular weight excluding hydrogens is 404 g/mol. The van der Waals surface area contributed by atoms with Crippen molar-refractivity contribution < 1.29 is 9.90 Å². The molecule has 8 heteroatoms. The molecule has 1 aromatic carbocycles. The number of thiazole rings is 1. The Labute approximate surface area is 176 Å². The Morgan fingerprint density at radius 2 is 1.97 bits per heavy atom. The van der Waals surface area contributed by atoms with Crippen LogP contribution >= 0.6 is 22.7 Å². The number of fused-ring (bicyclic) bond motifs is 3. The van der Waals surface area contributed by atoms with Crippen molar-refractivity contribution in [1.29, 1.82) is 0 Å². The molecule has 0 spiro atoms.